The number of halogens is 2. The van der Waals surface area contributed by atoms with Crippen LogP contribution in [0.25, 0.3) is 21.8 Å². The fourth-order valence-corrected chi connectivity index (χ4v) is 3.51. The standard InChI is InChI=1S/C24H23N3.2ClH.Fe/c1-4-17-8-6-9-18(5-2)22(17)26-16(3)21-14-13-20-12-11-19-10-7-15-25-23(19)24(20)27-21;;;/h6-15H,4-5H2,1-3H3;2*1H;/q;;;+2/p-2/b26-16+;;;. The van der Waals surface area contributed by atoms with Gasteiger partial charge in [-0.15, -0.1) is 0 Å². The van der Waals surface area contributed by atoms with Crippen molar-refractivity contribution in [3.8, 4) is 0 Å². The molecule has 0 N–H and O–H groups in total. The third kappa shape index (κ3) is 5.01. The molecule has 156 valence electrons. The van der Waals surface area contributed by atoms with Gasteiger partial charge in [0.2, 0.25) is 0 Å². The van der Waals surface area contributed by atoms with Gasteiger partial charge in [0, 0.05) is 17.0 Å². The van der Waals surface area contributed by atoms with E-state index >= 15 is 0 Å². The Morgan fingerprint density at radius 1 is 0.800 bits per heavy atom. The summed E-state index contributed by atoms with van der Waals surface area (Å²) in [5, 5.41) is 2.20. The van der Waals surface area contributed by atoms with Gasteiger partial charge in [-0.25, -0.2) is 4.98 Å². The molecule has 2 aromatic heterocycles. The molecule has 0 saturated carbocycles. The summed E-state index contributed by atoms with van der Waals surface area (Å²) >= 11 is 0. The second-order valence-electron chi connectivity index (χ2n) is 6.74. The quantitative estimate of drug-likeness (QED) is 0.236. The van der Waals surface area contributed by atoms with E-state index in [4.69, 9.17) is 9.98 Å². The molecule has 0 aliphatic heterocycles. The molecule has 0 spiro atoms. The van der Waals surface area contributed by atoms with Gasteiger partial charge in [-0.05, 0) is 43.0 Å². The Labute approximate surface area is 200 Å². The first-order valence-electron chi connectivity index (χ1n) is 9.52. The summed E-state index contributed by atoms with van der Waals surface area (Å²) in [7, 11) is 0. The summed E-state index contributed by atoms with van der Waals surface area (Å²) in [6.07, 6.45) is 3.77. The number of benzene rings is 2. The average Bonchev–Trinajstić information content (AvgIpc) is 2.73. The van der Waals surface area contributed by atoms with Gasteiger partial charge < -0.3 is 24.8 Å². The molecule has 0 aliphatic carbocycles. The number of pyridine rings is 2. The smallest absolute Gasteiger partial charge is 1.00 e. The second-order valence-corrected chi connectivity index (χ2v) is 6.74. The van der Waals surface area contributed by atoms with Crippen molar-refractivity contribution >= 4 is 33.2 Å². The predicted molar refractivity (Wildman–Crippen MR) is 114 cm³/mol. The van der Waals surface area contributed by atoms with E-state index in [0.29, 0.717) is 0 Å². The maximum atomic E-state index is 4.99. The molecule has 2 heterocycles. The van der Waals surface area contributed by atoms with Gasteiger partial charge in [0.1, 0.15) is 0 Å². The summed E-state index contributed by atoms with van der Waals surface area (Å²) in [5.74, 6) is 0. The first kappa shape index (κ1) is 26.1. The Morgan fingerprint density at radius 2 is 1.40 bits per heavy atom. The van der Waals surface area contributed by atoms with Crippen LogP contribution in [0.15, 0.2) is 65.8 Å². The van der Waals surface area contributed by atoms with E-state index in [1.165, 1.54) is 11.1 Å². The number of aliphatic imine (C=N–C) groups is 1. The molecule has 2 aromatic carbocycles. The molecule has 6 heteroatoms. The molecular formula is C24H23Cl2FeN3. The predicted octanol–water partition coefficient (Wildman–Crippen LogP) is 0.0540. The Morgan fingerprint density at radius 3 is 2.03 bits per heavy atom. The van der Waals surface area contributed by atoms with Gasteiger partial charge in [-0.2, -0.15) is 0 Å². The van der Waals surface area contributed by atoms with Crippen molar-refractivity contribution in [1.82, 2.24) is 9.97 Å². The van der Waals surface area contributed by atoms with Gasteiger partial charge in [0.15, 0.2) is 0 Å². The van der Waals surface area contributed by atoms with E-state index < -0.39 is 0 Å². The molecule has 0 saturated heterocycles. The Balaban J connectivity index is 0.00000150. The van der Waals surface area contributed by atoms with Crippen LogP contribution in [0.3, 0.4) is 0 Å². The first-order chi connectivity index (χ1) is 13.2. The third-order valence-corrected chi connectivity index (χ3v) is 5.05. The van der Waals surface area contributed by atoms with E-state index in [2.05, 4.69) is 67.4 Å². The minimum Gasteiger partial charge on any atom is -1.00 e. The van der Waals surface area contributed by atoms with Gasteiger partial charge in [-0.1, -0.05) is 56.3 Å². The third-order valence-electron chi connectivity index (χ3n) is 5.05. The number of fused-ring (bicyclic) bond motifs is 3. The van der Waals surface area contributed by atoms with Crippen LogP contribution >= 0.6 is 0 Å². The molecule has 30 heavy (non-hydrogen) atoms. The summed E-state index contributed by atoms with van der Waals surface area (Å²) in [4.78, 5) is 14.5. The number of hydrogen-bond acceptors (Lipinski definition) is 3. The van der Waals surface area contributed by atoms with Crippen molar-refractivity contribution < 1.29 is 41.9 Å². The monoisotopic (exact) mass is 479 g/mol. The molecule has 0 radical (unpaired) electrons. The van der Waals surface area contributed by atoms with Crippen molar-refractivity contribution in [1.29, 1.82) is 0 Å². The maximum Gasteiger partial charge on any atom is 2.00 e. The Bertz CT molecular complexity index is 1150. The zero-order valence-corrected chi connectivity index (χ0v) is 19.8. The summed E-state index contributed by atoms with van der Waals surface area (Å²) in [6, 6.07) is 18.8. The normalized spacial score (nSPS) is 10.8. The number of aromatic nitrogens is 2. The minimum atomic E-state index is 0. The summed E-state index contributed by atoms with van der Waals surface area (Å²) < 4.78 is 0. The van der Waals surface area contributed by atoms with Gasteiger partial charge in [0.05, 0.1) is 28.1 Å². The molecule has 4 rings (SSSR count). The zero-order valence-electron chi connectivity index (χ0n) is 17.1. The van der Waals surface area contributed by atoms with E-state index in [9.17, 15) is 0 Å². The zero-order chi connectivity index (χ0) is 18.8. The molecule has 0 aliphatic rings. The van der Waals surface area contributed by atoms with Crippen LogP contribution in [0.2, 0.25) is 0 Å². The SMILES string of the molecule is CCc1cccc(CC)c1/N=C(\C)c1ccc2ccc3cccnc3c2n1.[Cl-].[Cl-].[Fe+2]. The van der Waals surface area contributed by atoms with Gasteiger partial charge in [-0.3, -0.25) is 9.98 Å². The number of para-hydroxylation sites is 1. The van der Waals surface area contributed by atoms with E-state index in [0.717, 1.165) is 51.7 Å². The number of hydrogen-bond donors (Lipinski definition) is 0. The van der Waals surface area contributed by atoms with Crippen molar-refractivity contribution in [2.75, 3.05) is 0 Å². The van der Waals surface area contributed by atoms with Gasteiger partial charge >= 0.3 is 17.1 Å². The topological polar surface area (TPSA) is 38.1 Å². The van der Waals surface area contributed by atoms with Crippen LogP contribution < -0.4 is 24.8 Å². The maximum absolute atomic E-state index is 4.99. The molecule has 0 amide bonds. The fraction of sp³-hybridized carbons (Fsp3) is 0.208. The van der Waals surface area contributed by atoms with E-state index in [1.807, 2.05) is 19.2 Å². The number of nitrogens with zero attached hydrogens (tertiary/aromatic N) is 3. The van der Waals surface area contributed by atoms with Crippen LogP contribution in [0, 0.1) is 0 Å². The molecule has 0 bridgehead atoms. The van der Waals surface area contributed by atoms with Crippen LogP contribution in [0.4, 0.5) is 5.69 Å². The van der Waals surface area contributed by atoms with Crippen LogP contribution in [-0.4, -0.2) is 15.7 Å². The second kappa shape index (κ2) is 11.4. The fourth-order valence-electron chi connectivity index (χ4n) is 3.51. The largest absolute Gasteiger partial charge is 2.00 e. The van der Waals surface area contributed by atoms with Crippen LogP contribution in [0.5, 0.6) is 0 Å². The van der Waals surface area contributed by atoms with Gasteiger partial charge in [0.25, 0.3) is 0 Å². The average molecular weight is 480 g/mol. The van der Waals surface area contributed by atoms with Crippen molar-refractivity contribution in [3.05, 3.63) is 77.6 Å². The molecule has 4 aromatic rings. The molecule has 0 fully saturated rings. The minimum absolute atomic E-state index is 0. The number of rotatable bonds is 4. The molecule has 0 atom stereocenters. The first-order valence-corrected chi connectivity index (χ1v) is 9.52. The Kier molecular flexibility index (Phi) is 9.93. The van der Waals surface area contributed by atoms with Crippen LogP contribution in [0.1, 0.15) is 37.6 Å². The van der Waals surface area contributed by atoms with E-state index in [1.54, 1.807) is 0 Å². The van der Waals surface area contributed by atoms with Crippen LogP contribution in [-0.2, 0) is 29.9 Å². The van der Waals surface area contributed by atoms with E-state index in [-0.39, 0.29) is 41.9 Å². The summed E-state index contributed by atoms with van der Waals surface area (Å²) in [6.45, 7) is 6.39. The molecule has 0 unspecified atom stereocenters. The molecular weight excluding hydrogens is 457 g/mol. The number of aryl methyl sites for hydroxylation is 2. The van der Waals surface area contributed by atoms with Crippen molar-refractivity contribution in [3.63, 3.8) is 0 Å². The van der Waals surface area contributed by atoms with Crippen molar-refractivity contribution in [2.45, 2.75) is 33.6 Å². The van der Waals surface area contributed by atoms with Crippen molar-refractivity contribution in [2.24, 2.45) is 4.99 Å². The summed E-state index contributed by atoms with van der Waals surface area (Å²) in [5.41, 5.74) is 7.35. The molecule has 3 nitrogen and oxygen atoms in total. The Hall–Kier alpha value is -1.97.